The Hall–Kier alpha value is -1.09. The summed E-state index contributed by atoms with van der Waals surface area (Å²) in [5, 5.41) is 3.34. The monoisotopic (exact) mass is 250 g/mol. The maximum atomic E-state index is 5.77. The highest BCUT2D eigenvalue weighted by molar-refractivity contribution is 5.43. The van der Waals surface area contributed by atoms with Crippen molar-refractivity contribution in [1.29, 1.82) is 0 Å². The third kappa shape index (κ3) is 5.50. The highest BCUT2D eigenvalue weighted by Crippen LogP contribution is 2.14. The van der Waals surface area contributed by atoms with Crippen molar-refractivity contribution in [2.45, 2.75) is 46.6 Å². The van der Waals surface area contributed by atoms with Crippen molar-refractivity contribution < 1.29 is 4.74 Å². The van der Waals surface area contributed by atoms with Gasteiger partial charge in [0.25, 0.3) is 0 Å². The lowest BCUT2D eigenvalue weighted by molar-refractivity contribution is 0.0895. The Labute approximate surface area is 111 Å². The summed E-state index contributed by atoms with van der Waals surface area (Å²) in [7, 11) is 0. The Balaban J connectivity index is 2.40. The quantitative estimate of drug-likeness (QED) is 0.722. The average molecular weight is 250 g/mol. The van der Waals surface area contributed by atoms with Gasteiger partial charge in [0, 0.05) is 24.9 Å². The van der Waals surface area contributed by atoms with Gasteiger partial charge in [0.1, 0.15) is 5.82 Å². The van der Waals surface area contributed by atoms with E-state index in [-0.39, 0.29) is 0 Å². The molecule has 0 spiro atoms. The van der Waals surface area contributed by atoms with Crippen molar-refractivity contribution >= 4 is 5.82 Å². The van der Waals surface area contributed by atoms with Crippen molar-refractivity contribution in [3.05, 3.63) is 23.9 Å². The van der Waals surface area contributed by atoms with Crippen LogP contribution in [0, 0.1) is 5.92 Å². The minimum atomic E-state index is 0.638. The van der Waals surface area contributed by atoms with Crippen molar-refractivity contribution in [2.75, 3.05) is 18.5 Å². The van der Waals surface area contributed by atoms with E-state index in [1.165, 1.54) is 12.8 Å². The van der Waals surface area contributed by atoms with Crippen LogP contribution >= 0.6 is 0 Å². The first-order valence-electron chi connectivity index (χ1n) is 7.03. The van der Waals surface area contributed by atoms with Crippen LogP contribution in [0.15, 0.2) is 18.3 Å². The standard InChI is InChI=1S/C15H26N2O/c1-4-7-13(3)11-18-12-14-8-6-10-17-15(14)16-9-5-2/h6,8,10,13H,4-5,7,9,11-12H2,1-3H3,(H,16,17). The van der Waals surface area contributed by atoms with Crippen molar-refractivity contribution in [3.63, 3.8) is 0 Å². The van der Waals surface area contributed by atoms with Gasteiger partial charge in [0.15, 0.2) is 0 Å². The smallest absolute Gasteiger partial charge is 0.131 e. The summed E-state index contributed by atoms with van der Waals surface area (Å²) in [6.45, 7) is 9.03. The Morgan fingerprint density at radius 2 is 2.17 bits per heavy atom. The second-order valence-electron chi connectivity index (χ2n) is 4.85. The number of nitrogens with one attached hydrogen (secondary N) is 1. The van der Waals surface area contributed by atoms with Crippen LogP contribution in [0.3, 0.4) is 0 Å². The second-order valence-corrected chi connectivity index (χ2v) is 4.85. The first-order chi connectivity index (χ1) is 8.77. The van der Waals surface area contributed by atoms with E-state index in [0.29, 0.717) is 12.5 Å². The number of rotatable bonds is 9. The fraction of sp³-hybridized carbons (Fsp3) is 0.667. The molecule has 1 rings (SSSR count). The van der Waals surface area contributed by atoms with E-state index >= 15 is 0 Å². The topological polar surface area (TPSA) is 34.2 Å². The molecule has 0 saturated heterocycles. The fourth-order valence-electron chi connectivity index (χ4n) is 1.90. The molecule has 0 aromatic carbocycles. The molecule has 1 atom stereocenters. The summed E-state index contributed by atoms with van der Waals surface area (Å²) in [5.41, 5.74) is 1.15. The molecule has 0 aliphatic rings. The first kappa shape index (κ1) is 15.0. The number of aromatic nitrogens is 1. The summed E-state index contributed by atoms with van der Waals surface area (Å²) in [6.07, 6.45) is 5.38. The van der Waals surface area contributed by atoms with Gasteiger partial charge in [-0.25, -0.2) is 4.98 Å². The molecule has 1 aromatic rings. The van der Waals surface area contributed by atoms with Crippen molar-refractivity contribution in [2.24, 2.45) is 5.92 Å². The number of pyridine rings is 1. The fourth-order valence-corrected chi connectivity index (χ4v) is 1.90. The van der Waals surface area contributed by atoms with E-state index in [0.717, 1.165) is 31.0 Å². The van der Waals surface area contributed by atoms with E-state index in [4.69, 9.17) is 4.74 Å². The van der Waals surface area contributed by atoms with E-state index in [1.54, 1.807) is 0 Å². The summed E-state index contributed by atoms with van der Waals surface area (Å²) in [6, 6.07) is 4.04. The van der Waals surface area contributed by atoms with Crippen molar-refractivity contribution in [1.82, 2.24) is 4.98 Å². The molecule has 0 amide bonds. The number of anilines is 1. The highest BCUT2D eigenvalue weighted by Gasteiger charge is 2.05. The molecule has 1 aromatic heterocycles. The molecule has 0 aliphatic carbocycles. The number of hydrogen-bond acceptors (Lipinski definition) is 3. The van der Waals surface area contributed by atoms with Crippen LogP contribution in [0.5, 0.6) is 0 Å². The molecule has 0 saturated carbocycles. The van der Waals surface area contributed by atoms with E-state index < -0.39 is 0 Å². The lowest BCUT2D eigenvalue weighted by Gasteiger charge is -2.13. The summed E-state index contributed by atoms with van der Waals surface area (Å²) < 4.78 is 5.77. The van der Waals surface area contributed by atoms with Gasteiger partial charge in [0.2, 0.25) is 0 Å². The maximum Gasteiger partial charge on any atom is 0.131 e. The SMILES string of the molecule is CCCNc1ncccc1COCC(C)CCC. The molecule has 0 aliphatic heterocycles. The molecule has 3 nitrogen and oxygen atoms in total. The van der Waals surface area contributed by atoms with Crippen LogP contribution in [0.4, 0.5) is 5.82 Å². The van der Waals surface area contributed by atoms with Gasteiger partial charge in [-0.1, -0.05) is 33.3 Å². The molecule has 0 radical (unpaired) electrons. The third-order valence-corrected chi connectivity index (χ3v) is 2.88. The van der Waals surface area contributed by atoms with Gasteiger partial charge < -0.3 is 10.1 Å². The molecule has 1 unspecified atom stereocenters. The zero-order valence-electron chi connectivity index (χ0n) is 11.9. The van der Waals surface area contributed by atoms with E-state index in [1.807, 2.05) is 12.3 Å². The molecule has 0 fully saturated rings. The zero-order valence-corrected chi connectivity index (χ0v) is 11.9. The Morgan fingerprint density at radius 3 is 2.89 bits per heavy atom. The van der Waals surface area contributed by atoms with E-state index in [2.05, 4.69) is 37.1 Å². The second kappa shape index (κ2) is 8.92. The summed E-state index contributed by atoms with van der Waals surface area (Å²) in [4.78, 5) is 4.36. The lowest BCUT2D eigenvalue weighted by atomic mass is 10.1. The normalized spacial score (nSPS) is 12.4. The van der Waals surface area contributed by atoms with Crippen LogP contribution in [0.25, 0.3) is 0 Å². The Bertz CT molecular complexity index is 328. The van der Waals surface area contributed by atoms with Crippen LogP contribution in [0.2, 0.25) is 0 Å². The highest BCUT2D eigenvalue weighted by atomic mass is 16.5. The molecule has 0 bridgehead atoms. The predicted octanol–water partition coefficient (Wildman–Crippen LogP) is 3.86. The van der Waals surface area contributed by atoms with Gasteiger partial charge in [-0.05, 0) is 24.8 Å². The van der Waals surface area contributed by atoms with Gasteiger partial charge in [-0.3, -0.25) is 0 Å². The zero-order chi connectivity index (χ0) is 13.2. The Morgan fingerprint density at radius 1 is 1.33 bits per heavy atom. The molecule has 18 heavy (non-hydrogen) atoms. The molecule has 3 heteroatoms. The predicted molar refractivity (Wildman–Crippen MR) is 76.7 cm³/mol. The van der Waals surface area contributed by atoms with Gasteiger partial charge in [-0.2, -0.15) is 0 Å². The largest absolute Gasteiger partial charge is 0.376 e. The number of nitrogens with zero attached hydrogens (tertiary/aromatic N) is 1. The molecule has 102 valence electrons. The molecule has 1 N–H and O–H groups in total. The van der Waals surface area contributed by atoms with E-state index in [9.17, 15) is 0 Å². The molecular formula is C15H26N2O. The summed E-state index contributed by atoms with van der Waals surface area (Å²) >= 11 is 0. The third-order valence-electron chi connectivity index (χ3n) is 2.88. The minimum absolute atomic E-state index is 0.638. The maximum absolute atomic E-state index is 5.77. The lowest BCUT2D eigenvalue weighted by Crippen LogP contribution is -2.09. The molecule has 1 heterocycles. The van der Waals surface area contributed by atoms with Gasteiger partial charge >= 0.3 is 0 Å². The number of hydrogen-bond donors (Lipinski definition) is 1. The Kier molecular flexibility index (Phi) is 7.42. The van der Waals surface area contributed by atoms with Gasteiger partial charge in [0.05, 0.1) is 6.61 Å². The number of ether oxygens (including phenoxy) is 1. The molecular weight excluding hydrogens is 224 g/mol. The van der Waals surface area contributed by atoms with Gasteiger partial charge in [-0.15, -0.1) is 0 Å². The van der Waals surface area contributed by atoms with Crippen LogP contribution in [-0.2, 0) is 11.3 Å². The van der Waals surface area contributed by atoms with Crippen LogP contribution < -0.4 is 5.32 Å². The summed E-state index contributed by atoms with van der Waals surface area (Å²) in [5.74, 6) is 1.60. The first-order valence-corrected chi connectivity index (χ1v) is 7.03. The minimum Gasteiger partial charge on any atom is -0.376 e. The average Bonchev–Trinajstić information content (AvgIpc) is 2.38. The van der Waals surface area contributed by atoms with Crippen molar-refractivity contribution in [3.8, 4) is 0 Å². The van der Waals surface area contributed by atoms with Crippen LogP contribution in [0.1, 0.15) is 45.6 Å². The van der Waals surface area contributed by atoms with Crippen LogP contribution in [-0.4, -0.2) is 18.1 Å².